The Morgan fingerprint density at radius 3 is 2.33 bits per heavy atom. The summed E-state index contributed by atoms with van der Waals surface area (Å²) in [6.45, 7) is 0.292. The molecule has 0 aliphatic carbocycles. The van der Waals surface area contributed by atoms with E-state index in [1.165, 1.54) is 12.1 Å². The van der Waals surface area contributed by atoms with Crippen molar-refractivity contribution in [1.29, 1.82) is 5.41 Å². The van der Waals surface area contributed by atoms with Gasteiger partial charge in [-0.25, -0.2) is 4.39 Å². The van der Waals surface area contributed by atoms with Crippen molar-refractivity contribution in [2.24, 2.45) is 11.7 Å². The van der Waals surface area contributed by atoms with Crippen LogP contribution in [0.5, 0.6) is 0 Å². The summed E-state index contributed by atoms with van der Waals surface area (Å²) in [5, 5.41) is 7.33. The molecule has 1 fully saturated rings. The molecule has 1 aliphatic rings. The minimum Gasteiger partial charge on any atom is -0.384 e. The van der Waals surface area contributed by atoms with Gasteiger partial charge in [0.05, 0.1) is 16.1 Å². The van der Waals surface area contributed by atoms with Gasteiger partial charge in [-0.3, -0.25) is 5.41 Å². The molecule has 0 bridgehead atoms. The number of halogens is 5. The summed E-state index contributed by atoms with van der Waals surface area (Å²) in [5.74, 6) is -2.20. The van der Waals surface area contributed by atoms with Gasteiger partial charge in [-0.05, 0) is 40.9 Å². The number of anilines is 1. The molecule has 3 nitrogen and oxygen atoms in total. The van der Waals surface area contributed by atoms with E-state index in [-0.39, 0.29) is 47.5 Å². The first-order chi connectivity index (χ1) is 9.71. The Morgan fingerprint density at radius 1 is 1.29 bits per heavy atom. The van der Waals surface area contributed by atoms with E-state index in [1.807, 2.05) is 0 Å². The fourth-order valence-corrected chi connectivity index (χ4v) is 2.99. The van der Waals surface area contributed by atoms with Gasteiger partial charge < -0.3 is 10.6 Å². The molecule has 1 heterocycles. The van der Waals surface area contributed by atoms with E-state index in [4.69, 9.17) is 11.1 Å². The zero-order valence-electron chi connectivity index (χ0n) is 11.0. The molecule has 1 saturated heterocycles. The summed E-state index contributed by atoms with van der Waals surface area (Å²) in [7, 11) is 0. The highest BCUT2D eigenvalue weighted by atomic mass is 79.9. The Bertz CT molecular complexity index is 551. The lowest BCUT2D eigenvalue weighted by Gasteiger charge is -2.34. The molecular formula is C13H14BrF4N3. The van der Waals surface area contributed by atoms with Crippen LogP contribution in [0.1, 0.15) is 18.4 Å². The van der Waals surface area contributed by atoms with Crippen LogP contribution in [0.3, 0.4) is 0 Å². The highest BCUT2D eigenvalue weighted by molar-refractivity contribution is 9.10. The molecule has 0 saturated carbocycles. The second-order valence-electron chi connectivity index (χ2n) is 4.98. The first-order valence-corrected chi connectivity index (χ1v) is 7.15. The molecular weight excluding hydrogens is 354 g/mol. The van der Waals surface area contributed by atoms with Crippen LogP contribution < -0.4 is 10.6 Å². The van der Waals surface area contributed by atoms with E-state index in [2.05, 4.69) is 15.9 Å². The van der Waals surface area contributed by atoms with Gasteiger partial charge in [0.25, 0.3) is 0 Å². The van der Waals surface area contributed by atoms with Crippen LogP contribution in [-0.2, 0) is 0 Å². The molecule has 0 radical (unpaired) electrons. The first kappa shape index (κ1) is 16.1. The lowest BCUT2D eigenvalue weighted by atomic mass is 9.96. The Balaban J connectivity index is 2.18. The van der Waals surface area contributed by atoms with Gasteiger partial charge in [0, 0.05) is 18.7 Å². The van der Waals surface area contributed by atoms with Gasteiger partial charge in [-0.1, -0.05) is 0 Å². The monoisotopic (exact) mass is 367 g/mol. The first-order valence-electron chi connectivity index (χ1n) is 6.36. The number of hydrogen-bond donors (Lipinski definition) is 2. The van der Waals surface area contributed by atoms with Crippen LogP contribution >= 0.6 is 15.9 Å². The maximum Gasteiger partial charge on any atom is 0.391 e. The fourth-order valence-electron chi connectivity index (χ4n) is 2.44. The molecule has 116 valence electrons. The predicted molar refractivity (Wildman–Crippen MR) is 76.1 cm³/mol. The summed E-state index contributed by atoms with van der Waals surface area (Å²) in [4.78, 5) is 1.59. The van der Waals surface area contributed by atoms with Crippen molar-refractivity contribution in [3.8, 4) is 0 Å². The van der Waals surface area contributed by atoms with Gasteiger partial charge in [-0.2, -0.15) is 13.2 Å². The topological polar surface area (TPSA) is 53.1 Å². The highest BCUT2D eigenvalue weighted by Crippen LogP contribution is 2.37. The van der Waals surface area contributed by atoms with E-state index in [0.29, 0.717) is 0 Å². The van der Waals surface area contributed by atoms with Crippen molar-refractivity contribution >= 4 is 27.5 Å². The molecule has 0 spiro atoms. The van der Waals surface area contributed by atoms with Crippen molar-refractivity contribution < 1.29 is 17.6 Å². The van der Waals surface area contributed by atoms with Gasteiger partial charge in [0.2, 0.25) is 0 Å². The number of nitrogen functional groups attached to an aromatic ring is 1. The second-order valence-corrected chi connectivity index (χ2v) is 5.77. The predicted octanol–water partition coefficient (Wildman–Crippen LogP) is 3.65. The number of piperidine rings is 1. The summed E-state index contributed by atoms with van der Waals surface area (Å²) >= 11 is 3.04. The Morgan fingerprint density at radius 2 is 1.86 bits per heavy atom. The Kier molecular flexibility index (Phi) is 4.46. The van der Waals surface area contributed by atoms with Crippen molar-refractivity contribution in [3.05, 3.63) is 28.0 Å². The summed E-state index contributed by atoms with van der Waals surface area (Å²) in [5.41, 5.74) is 5.78. The summed E-state index contributed by atoms with van der Waals surface area (Å²) in [6, 6.07) is 2.94. The normalized spacial score (nSPS) is 17.1. The number of nitrogens with two attached hydrogens (primary N) is 1. The van der Waals surface area contributed by atoms with Crippen LogP contribution in [0.15, 0.2) is 16.6 Å². The zero-order chi connectivity index (χ0) is 15.8. The lowest BCUT2D eigenvalue weighted by Crippen LogP contribution is -2.39. The third-order valence-corrected chi connectivity index (χ3v) is 4.43. The maximum absolute atomic E-state index is 14.3. The summed E-state index contributed by atoms with van der Waals surface area (Å²) < 4.78 is 52.2. The SMILES string of the molecule is N=C(N)c1ccc(N2CCC(C(F)(F)F)CC2)c(F)c1Br. The average molecular weight is 368 g/mol. The summed E-state index contributed by atoms with van der Waals surface area (Å²) in [6.07, 6.45) is -4.28. The van der Waals surface area contributed by atoms with E-state index in [0.717, 1.165) is 0 Å². The minimum atomic E-state index is -4.19. The maximum atomic E-state index is 14.3. The molecule has 2 rings (SSSR count). The average Bonchev–Trinajstić information content (AvgIpc) is 2.40. The number of amidine groups is 1. The molecule has 0 aromatic heterocycles. The fraction of sp³-hybridized carbons (Fsp3) is 0.462. The molecule has 21 heavy (non-hydrogen) atoms. The van der Waals surface area contributed by atoms with Crippen LogP contribution in [0.25, 0.3) is 0 Å². The van der Waals surface area contributed by atoms with E-state index >= 15 is 0 Å². The molecule has 1 aromatic rings. The van der Waals surface area contributed by atoms with Crippen molar-refractivity contribution in [1.82, 2.24) is 0 Å². The van der Waals surface area contributed by atoms with Gasteiger partial charge in [0.15, 0.2) is 5.82 Å². The largest absolute Gasteiger partial charge is 0.391 e. The molecule has 0 unspecified atom stereocenters. The van der Waals surface area contributed by atoms with Crippen LogP contribution in [0.4, 0.5) is 23.2 Å². The van der Waals surface area contributed by atoms with Crippen LogP contribution in [0.2, 0.25) is 0 Å². The number of nitrogens with zero attached hydrogens (tertiary/aromatic N) is 1. The van der Waals surface area contributed by atoms with Crippen molar-refractivity contribution in [2.75, 3.05) is 18.0 Å². The van der Waals surface area contributed by atoms with Gasteiger partial charge >= 0.3 is 6.18 Å². The third kappa shape index (κ3) is 3.30. The number of nitrogens with one attached hydrogen (secondary N) is 1. The van der Waals surface area contributed by atoms with E-state index < -0.39 is 17.9 Å². The Labute approximate surface area is 127 Å². The number of alkyl halides is 3. The number of hydrogen-bond acceptors (Lipinski definition) is 2. The quantitative estimate of drug-likeness (QED) is 0.476. The molecule has 1 aliphatic heterocycles. The zero-order valence-corrected chi connectivity index (χ0v) is 12.6. The lowest BCUT2D eigenvalue weighted by molar-refractivity contribution is -0.179. The van der Waals surface area contributed by atoms with E-state index in [9.17, 15) is 17.6 Å². The van der Waals surface area contributed by atoms with E-state index in [1.54, 1.807) is 4.90 Å². The van der Waals surface area contributed by atoms with Gasteiger partial charge in [0.1, 0.15) is 5.84 Å². The molecule has 0 atom stereocenters. The standard InChI is InChI=1S/C13H14BrF4N3/c14-10-8(12(19)20)1-2-9(11(10)15)21-5-3-7(4-6-21)13(16,17)18/h1-2,7H,3-6H2,(H3,19,20). The molecule has 0 amide bonds. The van der Waals surface area contributed by atoms with Crippen LogP contribution in [-0.4, -0.2) is 25.1 Å². The minimum absolute atomic E-state index is 0.0466. The number of rotatable bonds is 2. The number of benzene rings is 1. The van der Waals surface area contributed by atoms with Gasteiger partial charge in [-0.15, -0.1) is 0 Å². The van der Waals surface area contributed by atoms with Crippen molar-refractivity contribution in [2.45, 2.75) is 19.0 Å². The molecule has 8 heteroatoms. The smallest absolute Gasteiger partial charge is 0.384 e. The molecule has 1 aromatic carbocycles. The van der Waals surface area contributed by atoms with Crippen LogP contribution in [0, 0.1) is 17.1 Å². The highest BCUT2D eigenvalue weighted by Gasteiger charge is 2.41. The van der Waals surface area contributed by atoms with Crippen molar-refractivity contribution in [3.63, 3.8) is 0 Å². The Hall–Kier alpha value is -1.31. The second kappa shape index (κ2) is 5.82. The third-order valence-electron chi connectivity index (χ3n) is 3.65. The molecule has 3 N–H and O–H groups in total.